The summed E-state index contributed by atoms with van der Waals surface area (Å²) in [6.45, 7) is 7.96. The molecule has 0 aliphatic heterocycles. The average Bonchev–Trinajstić information content (AvgIpc) is 2.33. The third kappa shape index (κ3) is 3.10. The third-order valence-corrected chi connectivity index (χ3v) is 3.38. The van der Waals surface area contributed by atoms with Gasteiger partial charge < -0.3 is 9.84 Å². The molecule has 1 N–H and O–H groups in total. The summed E-state index contributed by atoms with van der Waals surface area (Å²) in [5.74, 6) is -0.821. The molecule has 0 radical (unpaired) electrons. The SMILES string of the molecule is CCOC(=O)C(CC)C(O)c1cccc(C)c1C. The fraction of sp³-hybridized carbons (Fsp3) is 0.533. The highest BCUT2D eigenvalue weighted by atomic mass is 16.5. The Hall–Kier alpha value is -1.35. The minimum absolute atomic E-state index is 0.326. The van der Waals surface area contributed by atoms with Crippen LogP contribution in [0.3, 0.4) is 0 Å². The summed E-state index contributed by atoms with van der Waals surface area (Å²) >= 11 is 0. The molecule has 3 nitrogen and oxygen atoms in total. The number of carbonyl (C=O) groups excluding carboxylic acids is 1. The highest BCUT2D eigenvalue weighted by Crippen LogP contribution is 2.29. The third-order valence-electron chi connectivity index (χ3n) is 3.38. The van der Waals surface area contributed by atoms with Gasteiger partial charge in [-0.1, -0.05) is 25.1 Å². The van der Waals surface area contributed by atoms with Crippen molar-refractivity contribution in [1.82, 2.24) is 0 Å². The van der Waals surface area contributed by atoms with E-state index in [9.17, 15) is 9.90 Å². The van der Waals surface area contributed by atoms with Crippen LogP contribution >= 0.6 is 0 Å². The first-order valence-corrected chi connectivity index (χ1v) is 6.43. The summed E-state index contributed by atoms with van der Waals surface area (Å²) in [6, 6.07) is 5.77. The van der Waals surface area contributed by atoms with E-state index < -0.39 is 12.0 Å². The maximum absolute atomic E-state index is 11.8. The van der Waals surface area contributed by atoms with Crippen molar-refractivity contribution in [3.8, 4) is 0 Å². The van der Waals surface area contributed by atoms with Crippen molar-refractivity contribution in [2.24, 2.45) is 5.92 Å². The number of aryl methyl sites for hydroxylation is 1. The van der Waals surface area contributed by atoms with Gasteiger partial charge >= 0.3 is 5.97 Å². The van der Waals surface area contributed by atoms with E-state index in [1.54, 1.807) is 6.92 Å². The zero-order valence-corrected chi connectivity index (χ0v) is 11.6. The van der Waals surface area contributed by atoms with E-state index in [0.717, 1.165) is 16.7 Å². The Kier molecular flexibility index (Phi) is 5.35. The van der Waals surface area contributed by atoms with E-state index in [1.807, 2.05) is 39.0 Å². The van der Waals surface area contributed by atoms with Crippen molar-refractivity contribution < 1.29 is 14.6 Å². The summed E-state index contributed by atoms with van der Waals surface area (Å²) in [6.07, 6.45) is -0.234. The molecule has 0 saturated carbocycles. The average molecular weight is 250 g/mol. The number of hydrogen-bond acceptors (Lipinski definition) is 3. The Morgan fingerprint density at radius 3 is 2.56 bits per heavy atom. The highest BCUT2D eigenvalue weighted by molar-refractivity contribution is 5.73. The number of carbonyl (C=O) groups is 1. The quantitative estimate of drug-likeness (QED) is 0.817. The summed E-state index contributed by atoms with van der Waals surface area (Å²) in [5, 5.41) is 10.4. The van der Waals surface area contributed by atoms with Gasteiger partial charge in [0.2, 0.25) is 0 Å². The lowest BCUT2D eigenvalue weighted by Gasteiger charge is -2.22. The zero-order valence-electron chi connectivity index (χ0n) is 11.6. The first-order valence-electron chi connectivity index (χ1n) is 6.43. The van der Waals surface area contributed by atoms with Crippen LogP contribution in [0.15, 0.2) is 18.2 Å². The molecule has 2 atom stereocenters. The summed E-state index contributed by atoms with van der Waals surface area (Å²) < 4.78 is 5.01. The molecule has 0 spiro atoms. The van der Waals surface area contributed by atoms with Crippen molar-refractivity contribution in [2.45, 2.75) is 40.2 Å². The predicted octanol–water partition coefficient (Wildman–Crippen LogP) is 2.93. The first-order chi connectivity index (χ1) is 8.52. The zero-order chi connectivity index (χ0) is 13.7. The first kappa shape index (κ1) is 14.7. The normalized spacial score (nSPS) is 14.1. The molecule has 2 unspecified atom stereocenters. The van der Waals surface area contributed by atoms with Crippen LogP contribution in [-0.4, -0.2) is 17.7 Å². The molecule has 0 bridgehead atoms. The number of rotatable bonds is 5. The molecule has 0 aliphatic carbocycles. The summed E-state index contributed by atoms with van der Waals surface area (Å²) in [4.78, 5) is 11.8. The molecule has 0 saturated heterocycles. The smallest absolute Gasteiger partial charge is 0.311 e. The van der Waals surface area contributed by atoms with E-state index >= 15 is 0 Å². The van der Waals surface area contributed by atoms with Gasteiger partial charge in [-0.2, -0.15) is 0 Å². The van der Waals surface area contributed by atoms with Crippen molar-refractivity contribution in [2.75, 3.05) is 6.61 Å². The van der Waals surface area contributed by atoms with E-state index in [4.69, 9.17) is 4.74 Å². The van der Waals surface area contributed by atoms with Crippen molar-refractivity contribution in [3.63, 3.8) is 0 Å². The second-order valence-corrected chi connectivity index (χ2v) is 4.50. The molecule has 0 aliphatic rings. The maximum Gasteiger partial charge on any atom is 0.311 e. The standard InChI is InChI=1S/C15H22O3/c1-5-12(15(17)18-6-2)14(16)13-9-7-8-10(3)11(13)4/h7-9,12,14,16H,5-6H2,1-4H3. The van der Waals surface area contributed by atoms with Crippen LogP contribution in [0.2, 0.25) is 0 Å². The number of ether oxygens (including phenoxy) is 1. The predicted molar refractivity (Wildman–Crippen MR) is 71.3 cm³/mol. The monoisotopic (exact) mass is 250 g/mol. The van der Waals surface area contributed by atoms with Gasteiger partial charge in [0.25, 0.3) is 0 Å². The van der Waals surface area contributed by atoms with E-state index in [-0.39, 0.29) is 5.97 Å². The number of benzene rings is 1. The molecule has 0 amide bonds. The highest BCUT2D eigenvalue weighted by Gasteiger charge is 2.28. The molecule has 0 fully saturated rings. The Morgan fingerprint density at radius 1 is 1.33 bits per heavy atom. The molecule has 100 valence electrons. The molecular formula is C15H22O3. The molecule has 1 aromatic rings. The topological polar surface area (TPSA) is 46.5 Å². The summed E-state index contributed by atoms with van der Waals surface area (Å²) in [7, 11) is 0. The van der Waals surface area contributed by atoms with Crippen molar-refractivity contribution >= 4 is 5.97 Å². The van der Waals surface area contributed by atoms with Gasteiger partial charge in [0.15, 0.2) is 0 Å². The molecule has 0 aromatic heterocycles. The van der Waals surface area contributed by atoms with E-state index in [1.165, 1.54) is 0 Å². The minimum Gasteiger partial charge on any atom is -0.466 e. The Labute approximate surface area is 109 Å². The van der Waals surface area contributed by atoms with E-state index in [2.05, 4.69) is 0 Å². The lowest BCUT2D eigenvalue weighted by molar-refractivity contribution is -0.152. The van der Waals surface area contributed by atoms with Crippen molar-refractivity contribution in [3.05, 3.63) is 34.9 Å². The van der Waals surface area contributed by atoms with Crippen LogP contribution in [0.25, 0.3) is 0 Å². The molecule has 1 aromatic carbocycles. The summed E-state index contributed by atoms with van der Waals surface area (Å²) in [5.41, 5.74) is 2.97. The van der Waals surface area contributed by atoms with Gasteiger partial charge in [-0.3, -0.25) is 4.79 Å². The van der Waals surface area contributed by atoms with Crippen molar-refractivity contribution in [1.29, 1.82) is 0 Å². The second-order valence-electron chi connectivity index (χ2n) is 4.50. The molecule has 18 heavy (non-hydrogen) atoms. The van der Waals surface area contributed by atoms with Crippen LogP contribution in [0.5, 0.6) is 0 Å². The van der Waals surface area contributed by atoms with Crippen LogP contribution in [-0.2, 0) is 9.53 Å². The van der Waals surface area contributed by atoms with Crippen LogP contribution in [0.4, 0.5) is 0 Å². The van der Waals surface area contributed by atoms with Crippen LogP contribution < -0.4 is 0 Å². The Balaban J connectivity index is 3.00. The van der Waals surface area contributed by atoms with Gasteiger partial charge in [0.05, 0.1) is 18.6 Å². The largest absolute Gasteiger partial charge is 0.466 e. The lowest BCUT2D eigenvalue weighted by Crippen LogP contribution is -2.24. The lowest BCUT2D eigenvalue weighted by atomic mass is 9.89. The number of hydrogen-bond donors (Lipinski definition) is 1. The Bertz CT molecular complexity index is 412. The molecule has 0 heterocycles. The maximum atomic E-state index is 11.8. The Morgan fingerprint density at radius 2 is 2.00 bits per heavy atom. The van der Waals surface area contributed by atoms with Gasteiger partial charge in [0.1, 0.15) is 0 Å². The van der Waals surface area contributed by atoms with Gasteiger partial charge in [-0.25, -0.2) is 0 Å². The molecular weight excluding hydrogens is 228 g/mol. The van der Waals surface area contributed by atoms with E-state index in [0.29, 0.717) is 13.0 Å². The minimum atomic E-state index is -0.797. The number of esters is 1. The van der Waals surface area contributed by atoms with Crippen LogP contribution in [0.1, 0.15) is 43.1 Å². The fourth-order valence-electron chi connectivity index (χ4n) is 2.08. The van der Waals surface area contributed by atoms with Gasteiger partial charge in [-0.05, 0) is 43.9 Å². The number of aliphatic hydroxyl groups excluding tert-OH is 1. The molecule has 3 heteroatoms. The fourth-order valence-corrected chi connectivity index (χ4v) is 2.08. The van der Waals surface area contributed by atoms with Crippen LogP contribution in [0, 0.1) is 19.8 Å². The van der Waals surface area contributed by atoms with Gasteiger partial charge in [-0.15, -0.1) is 0 Å². The number of aliphatic hydroxyl groups is 1. The molecule has 1 rings (SSSR count). The second kappa shape index (κ2) is 6.55. The van der Waals surface area contributed by atoms with Gasteiger partial charge in [0, 0.05) is 0 Å².